The van der Waals surface area contributed by atoms with Crippen LogP contribution in [0.1, 0.15) is 34.1 Å². The summed E-state index contributed by atoms with van der Waals surface area (Å²) in [7, 11) is 1.62. The number of benzene rings is 2. The second-order valence-corrected chi connectivity index (χ2v) is 6.53. The number of hydrogen-bond acceptors (Lipinski definition) is 5. The Kier molecular flexibility index (Phi) is 9.33. The van der Waals surface area contributed by atoms with Gasteiger partial charge in [-0.2, -0.15) is 0 Å². The Morgan fingerprint density at radius 2 is 1.53 bits per heavy atom. The minimum atomic E-state index is -0.266. The van der Waals surface area contributed by atoms with Crippen LogP contribution in [0.2, 0.25) is 0 Å². The molecular weight excluding hydrogens is 384 g/mol. The summed E-state index contributed by atoms with van der Waals surface area (Å²) in [6, 6.07) is 13.7. The zero-order chi connectivity index (χ0) is 21.8. The van der Waals surface area contributed by atoms with Crippen molar-refractivity contribution in [1.82, 2.24) is 10.6 Å². The average molecular weight is 412 g/mol. The fourth-order valence-electron chi connectivity index (χ4n) is 2.68. The van der Waals surface area contributed by atoms with Crippen molar-refractivity contribution in [3.05, 3.63) is 59.7 Å². The summed E-state index contributed by atoms with van der Waals surface area (Å²) in [5.74, 6) is -0.636. The molecule has 0 saturated carbocycles. The lowest BCUT2D eigenvalue weighted by atomic mass is 10.2. The van der Waals surface area contributed by atoms with Crippen LogP contribution in [0.5, 0.6) is 0 Å². The van der Waals surface area contributed by atoms with E-state index in [1.54, 1.807) is 55.6 Å². The van der Waals surface area contributed by atoms with Crippen LogP contribution in [-0.2, 0) is 9.53 Å². The first-order valence-electron chi connectivity index (χ1n) is 9.82. The maximum Gasteiger partial charge on any atom is 0.251 e. The van der Waals surface area contributed by atoms with Crippen molar-refractivity contribution in [3.63, 3.8) is 0 Å². The molecule has 8 nitrogen and oxygen atoms in total. The molecule has 0 radical (unpaired) electrons. The van der Waals surface area contributed by atoms with Gasteiger partial charge in [0.1, 0.15) is 0 Å². The smallest absolute Gasteiger partial charge is 0.251 e. The van der Waals surface area contributed by atoms with Crippen molar-refractivity contribution in [2.75, 3.05) is 44.0 Å². The zero-order valence-corrected chi connectivity index (χ0v) is 17.3. The number of amides is 3. The number of methoxy groups -OCH3 is 1. The summed E-state index contributed by atoms with van der Waals surface area (Å²) in [5.41, 5.74) is 2.18. The Balaban J connectivity index is 1.87. The monoisotopic (exact) mass is 412 g/mol. The highest BCUT2D eigenvalue weighted by Crippen LogP contribution is 2.12. The summed E-state index contributed by atoms with van der Waals surface area (Å²) in [5, 5.41) is 11.3. The second kappa shape index (κ2) is 12.2. The predicted octanol–water partition coefficient (Wildman–Crippen LogP) is 2.25. The first-order valence-corrected chi connectivity index (χ1v) is 9.82. The first kappa shape index (κ1) is 22.9. The highest BCUT2D eigenvalue weighted by molar-refractivity contribution is 5.98. The Labute approximate surface area is 176 Å². The van der Waals surface area contributed by atoms with E-state index in [0.717, 1.165) is 6.42 Å². The van der Waals surface area contributed by atoms with Gasteiger partial charge in [0.2, 0.25) is 5.91 Å². The molecule has 0 heterocycles. The third kappa shape index (κ3) is 7.56. The second-order valence-electron chi connectivity index (χ2n) is 6.53. The molecule has 0 atom stereocenters. The largest absolute Gasteiger partial charge is 0.385 e. The van der Waals surface area contributed by atoms with Crippen LogP contribution >= 0.6 is 0 Å². The van der Waals surface area contributed by atoms with Crippen LogP contribution in [0.25, 0.3) is 0 Å². The van der Waals surface area contributed by atoms with Crippen LogP contribution in [0.4, 0.5) is 11.4 Å². The molecule has 0 bridgehead atoms. The van der Waals surface area contributed by atoms with Gasteiger partial charge in [-0.3, -0.25) is 14.4 Å². The Morgan fingerprint density at radius 3 is 2.20 bits per heavy atom. The maximum absolute atomic E-state index is 12.2. The molecule has 3 amide bonds. The van der Waals surface area contributed by atoms with Gasteiger partial charge < -0.3 is 26.0 Å². The average Bonchev–Trinajstić information content (AvgIpc) is 2.76. The molecule has 0 aliphatic carbocycles. The van der Waals surface area contributed by atoms with E-state index in [2.05, 4.69) is 21.3 Å². The first-order chi connectivity index (χ1) is 14.5. The molecule has 2 aromatic carbocycles. The van der Waals surface area contributed by atoms with E-state index in [4.69, 9.17) is 4.74 Å². The summed E-state index contributed by atoms with van der Waals surface area (Å²) in [6.45, 7) is 3.51. The predicted molar refractivity (Wildman–Crippen MR) is 117 cm³/mol. The molecule has 0 unspecified atom stereocenters. The lowest BCUT2D eigenvalue weighted by Crippen LogP contribution is -2.25. The Morgan fingerprint density at radius 1 is 0.900 bits per heavy atom. The number of carbonyl (C=O) groups excluding carboxylic acids is 3. The van der Waals surface area contributed by atoms with Crippen molar-refractivity contribution in [2.24, 2.45) is 0 Å². The van der Waals surface area contributed by atoms with E-state index >= 15 is 0 Å². The molecule has 2 rings (SSSR count). The van der Waals surface area contributed by atoms with Crippen molar-refractivity contribution >= 4 is 29.1 Å². The molecule has 0 aliphatic rings. The number of ether oxygens (including phenoxy) is 1. The topological polar surface area (TPSA) is 109 Å². The molecule has 160 valence electrons. The summed E-state index contributed by atoms with van der Waals surface area (Å²) in [4.78, 5) is 36.3. The third-order valence-corrected chi connectivity index (χ3v) is 4.13. The fraction of sp³-hybridized carbons (Fsp3) is 0.318. The van der Waals surface area contributed by atoms with E-state index in [0.29, 0.717) is 42.2 Å². The molecule has 0 saturated heterocycles. The highest BCUT2D eigenvalue weighted by atomic mass is 16.5. The summed E-state index contributed by atoms with van der Waals surface area (Å²) < 4.78 is 4.96. The normalized spacial score (nSPS) is 10.2. The van der Waals surface area contributed by atoms with Crippen molar-refractivity contribution in [3.8, 4) is 0 Å². The molecule has 0 aromatic heterocycles. The lowest BCUT2D eigenvalue weighted by molar-refractivity contribution is -0.114. The molecule has 0 fully saturated rings. The van der Waals surface area contributed by atoms with Crippen molar-refractivity contribution < 1.29 is 19.1 Å². The van der Waals surface area contributed by atoms with E-state index in [1.807, 2.05) is 6.92 Å². The Bertz CT molecular complexity index is 870. The van der Waals surface area contributed by atoms with Crippen molar-refractivity contribution in [2.45, 2.75) is 13.3 Å². The van der Waals surface area contributed by atoms with Gasteiger partial charge in [0.05, 0.1) is 6.54 Å². The van der Waals surface area contributed by atoms with Crippen LogP contribution in [0.3, 0.4) is 0 Å². The van der Waals surface area contributed by atoms with Gasteiger partial charge in [0, 0.05) is 49.3 Å². The SMILES string of the molecule is CCNC(=O)c1cccc(NC(=O)CNc2cccc(C(=O)NCCCOC)c2)c1. The fourth-order valence-corrected chi connectivity index (χ4v) is 2.68. The van der Waals surface area contributed by atoms with Gasteiger partial charge in [-0.25, -0.2) is 0 Å². The molecule has 2 aromatic rings. The molecule has 8 heteroatoms. The number of rotatable bonds is 11. The van der Waals surface area contributed by atoms with Gasteiger partial charge in [-0.05, 0) is 49.7 Å². The standard InChI is InChI=1S/C22H28N4O4/c1-3-23-21(28)17-8-5-10-19(14-17)26-20(27)15-25-18-9-4-7-16(13-18)22(29)24-11-6-12-30-2/h4-5,7-10,13-14,25H,3,6,11-12,15H2,1-2H3,(H,23,28)(H,24,29)(H,26,27). The number of anilines is 2. The van der Waals surface area contributed by atoms with Crippen LogP contribution in [0.15, 0.2) is 48.5 Å². The summed E-state index contributed by atoms with van der Waals surface area (Å²) in [6.07, 6.45) is 0.738. The van der Waals surface area contributed by atoms with Crippen LogP contribution in [0, 0.1) is 0 Å². The molecule has 4 N–H and O–H groups in total. The van der Waals surface area contributed by atoms with Gasteiger partial charge in [-0.15, -0.1) is 0 Å². The molecule has 0 spiro atoms. The quantitative estimate of drug-likeness (QED) is 0.424. The molecule has 0 aliphatic heterocycles. The Hall–Kier alpha value is -3.39. The lowest BCUT2D eigenvalue weighted by Gasteiger charge is -2.10. The summed E-state index contributed by atoms with van der Waals surface area (Å²) >= 11 is 0. The minimum Gasteiger partial charge on any atom is -0.385 e. The van der Waals surface area contributed by atoms with Crippen molar-refractivity contribution in [1.29, 1.82) is 0 Å². The van der Waals surface area contributed by atoms with Crippen LogP contribution < -0.4 is 21.3 Å². The number of hydrogen-bond donors (Lipinski definition) is 4. The van der Waals surface area contributed by atoms with Gasteiger partial charge in [-0.1, -0.05) is 12.1 Å². The van der Waals surface area contributed by atoms with Gasteiger partial charge >= 0.3 is 0 Å². The zero-order valence-electron chi connectivity index (χ0n) is 17.3. The minimum absolute atomic E-state index is 0.0182. The molecule has 30 heavy (non-hydrogen) atoms. The molecular formula is C22H28N4O4. The van der Waals surface area contributed by atoms with Crippen LogP contribution in [-0.4, -0.2) is 51.1 Å². The third-order valence-electron chi connectivity index (χ3n) is 4.13. The van der Waals surface area contributed by atoms with Gasteiger partial charge in [0.25, 0.3) is 11.8 Å². The number of nitrogens with one attached hydrogen (secondary N) is 4. The van der Waals surface area contributed by atoms with Gasteiger partial charge in [0.15, 0.2) is 0 Å². The van der Waals surface area contributed by atoms with E-state index < -0.39 is 0 Å². The van der Waals surface area contributed by atoms with E-state index in [-0.39, 0.29) is 24.3 Å². The highest BCUT2D eigenvalue weighted by Gasteiger charge is 2.09. The van der Waals surface area contributed by atoms with E-state index in [1.165, 1.54) is 0 Å². The van der Waals surface area contributed by atoms with E-state index in [9.17, 15) is 14.4 Å². The number of carbonyl (C=O) groups is 3. The maximum atomic E-state index is 12.2.